The number of nitrogens with zero attached hydrogens (tertiary/aromatic N) is 1. The maximum Gasteiger partial charge on any atom is 0.319 e. The van der Waals surface area contributed by atoms with E-state index in [1.54, 1.807) is 6.92 Å². The van der Waals surface area contributed by atoms with E-state index in [1.165, 1.54) is 0 Å². The average Bonchev–Trinajstić information content (AvgIpc) is 3.11. The van der Waals surface area contributed by atoms with Crippen molar-refractivity contribution in [1.29, 1.82) is 0 Å². The fourth-order valence-corrected chi connectivity index (χ4v) is 6.19. The van der Waals surface area contributed by atoms with Crippen molar-refractivity contribution >= 4 is 32.5 Å². The molecule has 0 atom stereocenters. The molecule has 1 heterocycles. The van der Waals surface area contributed by atoms with E-state index in [9.17, 15) is 13.2 Å². The molecule has 2 fully saturated rings. The van der Waals surface area contributed by atoms with Gasteiger partial charge in [0, 0.05) is 29.2 Å². The van der Waals surface area contributed by atoms with Crippen LogP contribution in [0.15, 0.2) is 47.4 Å². The summed E-state index contributed by atoms with van der Waals surface area (Å²) in [4.78, 5) is 12.7. The highest BCUT2D eigenvalue weighted by Gasteiger charge is 2.32. The zero-order chi connectivity index (χ0) is 24.6. The van der Waals surface area contributed by atoms with Gasteiger partial charge in [0.15, 0.2) is 9.84 Å². The fourth-order valence-electron chi connectivity index (χ4n) is 4.89. The van der Waals surface area contributed by atoms with Crippen LogP contribution in [0.4, 0.5) is 10.5 Å². The number of benzene rings is 2. The topological polar surface area (TPSA) is 89.4 Å². The number of carbonyl (C=O) groups is 1. The summed E-state index contributed by atoms with van der Waals surface area (Å²) < 4.78 is 34.8. The van der Waals surface area contributed by atoms with Crippen molar-refractivity contribution in [3.8, 4) is 17.0 Å². The van der Waals surface area contributed by atoms with Crippen LogP contribution in [0, 0.1) is 0 Å². The number of carbonyl (C=O) groups excluding carboxylic acids is 1. The highest BCUT2D eigenvalue weighted by atomic mass is 32.2. The van der Waals surface area contributed by atoms with E-state index >= 15 is 0 Å². The molecule has 2 N–H and O–H groups in total. The molecule has 0 unspecified atom stereocenters. The van der Waals surface area contributed by atoms with Crippen LogP contribution in [0.5, 0.6) is 5.75 Å². The van der Waals surface area contributed by atoms with Crippen molar-refractivity contribution in [2.45, 2.75) is 69.4 Å². The highest BCUT2D eigenvalue weighted by molar-refractivity contribution is 7.91. The summed E-state index contributed by atoms with van der Waals surface area (Å²) in [5.74, 6) is 0.764. The standard InChI is InChI=1S/C27H33N3O4S/c1-3-34-22-15-16-23-24(17-22)30(21-9-6-10-21)25(26(23)35(32,33)4-2)18-11-13-20(14-12-18)29-27(31)28-19-7-5-8-19/h11-17,19,21H,3-10H2,1-2H3,(H2,28,29,31). The summed E-state index contributed by atoms with van der Waals surface area (Å²) in [6.07, 6.45) is 6.37. The molecular weight excluding hydrogens is 462 g/mol. The van der Waals surface area contributed by atoms with E-state index in [-0.39, 0.29) is 23.9 Å². The monoisotopic (exact) mass is 495 g/mol. The van der Waals surface area contributed by atoms with Crippen molar-refractivity contribution in [3.05, 3.63) is 42.5 Å². The van der Waals surface area contributed by atoms with Crippen LogP contribution in [0.3, 0.4) is 0 Å². The Morgan fingerprint density at radius 3 is 2.31 bits per heavy atom. The number of anilines is 1. The number of fused-ring (bicyclic) bond motifs is 1. The molecule has 0 aliphatic heterocycles. The van der Waals surface area contributed by atoms with Crippen LogP contribution in [-0.4, -0.2) is 37.4 Å². The van der Waals surface area contributed by atoms with Gasteiger partial charge in [-0.05, 0) is 75.3 Å². The van der Waals surface area contributed by atoms with E-state index in [0.717, 1.165) is 66.4 Å². The Labute approximate surface area is 206 Å². The highest BCUT2D eigenvalue weighted by Crippen LogP contribution is 2.45. The number of aromatic nitrogens is 1. The van der Waals surface area contributed by atoms with Gasteiger partial charge in [0.25, 0.3) is 0 Å². The number of sulfone groups is 1. The van der Waals surface area contributed by atoms with Gasteiger partial charge in [-0.3, -0.25) is 0 Å². The third-order valence-electron chi connectivity index (χ3n) is 7.23. The Morgan fingerprint density at radius 2 is 1.74 bits per heavy atom. The van der Waals surface area contributed by atoms with Crippen molar-refractivity contribution in [2.24, 2.45) is 0 Å². The smallest absolute Gasteiger partial charge is 0.319 e. The normalized spacial score (nSPS) is 16.5. The molecule has 3 aromatic rings. The van der Waals surface area contributed by atoms with E-state index in [2.05, 4.69) is 15.2 Å². The largest absolute Gasteiger partial charge is 0.494 e. The molecule has 1 aromatic heterocycles. The third-order valence-corrected chi connectivity index (χ3v) is 9.02. The number of hydrogen-bond acceptors (Lipinski definition) is 4. The molecule has 5 rings (SSSR count). The van der Waals surface area contributed by atoms with E-state index < -0.39 is 9.84 Å². The number of hydrogen-bond donors (Lipinski definition) is 2. The molecule has 186 valence electrons. The maximum absolute atomic E-state index is 13.4. The zero-order valence-corrected chi connectivity index (χ0v) is 21.2. The number of rotatable bonds is 8. The van der Waals surface area contributed by atoms with Crippen molar-refractivity contribution in [3.63, 3.8) is 0 Å². The van der Waals surface area contributed by atoms with Gasteiger partial charge >= 0.3 is 6.03 Å². The number of ether oxygens (including phenoxy) is 1. The molecule has 0 bridgehead atoms. The van der Waals surface area contributed by atoms with Gasteiger partial charge in [0.2, 0.25) is 0 Å². The maximum atomic E-state index is 13.4. The second kappa shape index (κ2) is 9.57. The van der Waals surface area contributed by atoms with Crippen molar-refractivity contribution < 1.29 is 17.9 Å². The first-order chi connectivity index (χ1) is 16.9. The van der Waals surface area contributed by atoms with Crippen LogP contribution in [0.2, 0.25) is 0 Å². The first-order valence-corrected chi connectivity index (χ1v) is 14.3. The molecule has 2 saturated carbocycles. The second-order valence-corrected chi connectivity index (χ2v) is 11.7. The van der Waals surface area contributed by atoms with Crippen LogP contribution in [0.25, 0.3) is 22.2 Å². The SMILES string of the molecule is CCOc1ccc2c(S(=O)(=O)CC)c(-c3ccc(NC(=O)NC4CCC4)cc3)n(C3CCC3)c2c1. The molecule has 2 aliphatic rings. The Kier molecular flexibility index (Phi) is 6.49. The lowest BCUT2D eigenvalue weighted by atomic mass is 9.92. The van der Waals surface area contributed by atoms with Crippen LogP contribution >= 0.6 is 0 Å². The van der Waals surface area contributed by atoms with E-state index in [1.807, 2.05) is 49.4 Å². The predicted octanol–water partition coefficient (Wildman–Crippen LogP) is 5.90. The minimum absolute atomic E-state index is 0.0258. The molecule has 2 aromatic carbocycles. The Balaban J connectivity index is 1.60. The summed E-state index contributed by atoms with van der Waals surface area (Å²) >= 11 is 0. The third kappa shape index (κ3) is 4.51. The average molecular weight is 496 g/mol. The first kappa shape index (κ1) is 23.7. The molecule has 2 aliphatic carbocycles. The van der Waals surface area contributed by atoms with Crippen molar-refractivity contribution in [1.82, 2.24) is 9.88 Å². The fraction of sp³-hybridized carbons (Fsp3) is 0.444. The molecule has 35 heavy (non-hydrogen) atoms. The van der Waals surface area contributed by atoms with Gasteiger partial charge in [-0.2, -0.15) is 0 Å². The second-order valence-electron chi connectivity index (χ2n) is 9.45. The number of nitrogens with one attached hydrogen (secondary N) is 2. The van der Waals surface area contributed by atoms with Gasteiger partial charge in [-0.1, -0.05) is 19.1 Å². The minimum Gasteiger partial charge on any atom is -0.494 e. The molecule has 2 amide bonds. The van der Waals surface area contributed by atoms with E-state index in [0.29, 0.717) is 17.2 Å². The lowest BCUT2D eigenvalue weighted by Crippen LogP contribution is -2.41. The molecule has 8 heteroatoms. The minimum atomic E-state index is -3.51. The van der Waals surface area contributed by atoms with Crippen LogP contribution < -0.4 is 15.4 Å². The van der Waals surface area contributed by atoms with Crippen LogP contribution in [-0.2, 0) is 9.84 Å². The Morgan fingerprint density at radius 1 is 1.03 bits per heavy atom. The quantitative estimate of drug-likeness (QED) is 0.407. The van der Waals surface area contributed by atoms with Gasteiger partial charge in [-0.15, -0.1) is 0 Å². The van der Waals surface area contributed by atoms with Gasteiger partial charge in [0.05, 0.1) is 23.6 Å². The van der Waals surface area contributed by atoms with Gasteiger partial charge in [-0.25, -0.2) is 13.2 Å². The summed E-state index contributed by atoms with van der Waals surface area (Å²) in [5, 5.41) is 6.60. The molecule has 0 saturated heterocycles. The number of urea groups is 1. The van der Waals surface area contributed by atoms with E-state index in [4.69, 9.17) is 4.74 Å². The molecular formula is C27H33N3O4S. The van der Waals surface area contributed by atoms with Crippen molar-refractivity contribution in [2.75, 3.05) is 17.7 Å². The molecule has 0 spiro atoms. The summed E-state index contributed by atoms with van der Waals surface area (Å²) in [6.45, 7) is 4.18. The molecule has 0 radical (unpaired) electrons. The number of amides is 2. The first-order valence-electron chi connectivity index (χ1n) is 12.6. The van der Waals surface area contributed by atoms with Gasteiger partial charge in [0.1, 0.15) is 10.6 Å². The summed E-state index contributed by atoms with van der Waals surface area (Å²) in [5.41, 5.74) is 3.12. The lowest BCUT2D eigenvalue weighted by molar-refractivity contribution is 0.240. The Hall–Kier alpha value is -3.00. The summed E-state index contributed by atoms with van der Waals surface area (Å²) in [7, 11) is -3.51. The zero-order valence-electron chi connectivity index (χ0n) is 20.3. The predicted molar refractivity (Wildman–Crippen MR) is 139 cm³/mol. The van der Waals surface area contributed by atoms with Gasteiger partial charge < -0.3 is 19.9 Å². The summed E-state index contributed by atoms with van der Waals surface area (Å²) in [6, 6.07) is 13.5. The van der Waals surface area contributed by atoms with Crippen LogP contribution in [0.1, 0.15) is 58.4 Å². The Bertz CT molecular complexity index is 1340. The lowest BCUT2D eigenvalue weighted by Gasteiger charge is -2.30. The molecule has 7 nitrogen and oxygen atoms in total.